The molecule has 0 heterocycles. The van der Waals surface area contributed by atoms with Crippen LogP contribution >= 0.6 is 12.2 Å². The average molecular weight is 253 g/mol. The van der Waals surface area contributed by atoms with Gasteiger partial charge in [-0.1, -0.05) is 25.1 Å². The monoisotopic (exact) mass is 253 g/mol. The van der Waals surface area contributed by atoms with Crippen molar-refractivity contribution in [1.29, 1.82) is 0 Å². The van der Waals surface area contributed by atoms with Crippen LogP contribution in [0.5, 0.6) is 0 Å². The van der Waals surface area contributed by atoms with Crippen molar-refractivity contribution < 1.29 is 9.13 Å². The summed E-state index contributed by atoms with van der Waals surface area (Å²) in [7, 11) is 0. The van der Waals surface area contributed by atoms with E-state index in [9.17, 15) is 4.39 Å². The van der Waals surface area contributed by atoms with Crippen LogP contribution in [0.3, 0.4) is 0 Å². The van der Waals surface area contributed by atoms with Gasteiger partial charge in [0.1, 0.15) is 10.8 Å². The van der Waals surface area contributed by atoms with E-state index < -0.39 is 0 Å². The lowest BCUT2D eigenvalue weighted by atomic mass is 10.1. The molecule has 1 aromatic rings. The highest BCUT2D eigenvalue weighted by Crippen LogP contribution is 2.32. The van der Waals surface area contributed by atoms with E-state index >= 15 is 0 Å². The lowest BCUT2D eigenvalue weighted by Gasteiger charge is -2.07. The Morgan fingerprint density at radius 2 is 2.24 bits per heavy atom. The maximum atomic E-state index is 13.5. The second kappa shape index (κ2) is 5.56. The Balaban J connectivity index is 1.88. The van der Waals surface area contributed by atoms with Crippen molar-refractivity contribution in [3.05, 3.63) is 35.1 Å². The lowest BCUT2D eigenvalue weighted by Crippen LogP contribution is -2.10. The molecule has 0 unspecified atom stereocenters. The van der Waals surface area contributed by atoms with E-state index in [4.69, 9.17) is 22.7 Å². The second-order valence-electron chi connectivity index (χ2n) is 4.46. The molecule has 0 radical (unpaired) electrons. The molecule has 0 aromatic heterocycles. The van der Waals surface area contributed by atoms with E-state index in [2.05, 4.69) is 0 Å². The van der Waals surface area contributed by atoms with Crippen LogP contribution in [0, 0.1) is 11.7 Å². The molecule has 2 N–H and O–H groups in total. The molecule has 17 heavy (non-hydrogen) atoms. The van der Waals surface area contributed by atoms with Crippen LogP contribution in [-0.2, 0) is 11.3 Å². The molecule has 2 nitrogen and oxygen atoms in total. The molecular weight excluding hydrogens is 237 g/mol. The zero-order chi connectivity index (χ0) is 12.3. The van der Waals surface area contributed by atoms with Crippen LogP contribution in [0.15, 0.2) is 18.2 Å². The Morgan fingerprint density at radius 3 is 2.88 bits per heavy atom. The van der Waals surface area contributed by atoms with Gasteiger partial charge >= 0.3 is 0 Å². The van der Waals surface area contributed by atoms with Gasteiger partial charge in [0, 0.05) is 17.7 Å². The molecule has 4 heteroatoms. The normalized spacial score (nSPS) is 14.9. The number of nitrogens with two attached hydrogens (primary N) is 1. The van der Waals surface area contributed by atoms with Gasteiger partial charge in [-0.15, -0.1) is 0 Å². The van der Waals surface area contributed by atoms with Crippen LogP contribution in [0.25, 0.3) is 0 Å². The molecule has 0 saturated heterocycles. The Labute approximate surface area is 106 Å². The van der Waals surface area contributed by atoms with Gasteiger partial charge in [0.15, 0.2) is 0 Å². The van der Waals surface area contributed by atoms with Crippen LogP contribution < -0.4 is 5.73 Å². The number of rotatable bonds is 6. The largest absolute Gasteiger partial charge is 0.389 e. The topological polar surface area (TPSA) is 35.2 Å². The Bertz CT molecular complexity index is 418. The van der Waals surface area contributed by atoms with Gasteiger partial charge in [0.2, 0.25) is 0 Å². The maximum absolute atomic E-state index is 13.5. The molecular formula is C13H16FNOS. The number of halogens is 1. The summed E-state index contributed by atoms with van der Waals surface area (Å²) >= 11 is 4.86. The van der Waals surface area contributed by atoms with Gasteiger partial charge in [-0.2, -0.15) is 0 Å². The van der Waals surface area contributed by atoms with Crippen LogP contribution in [0.2, 0.25) is 0 Å². The summed E-state index contributed by atoms with van der Waals surface area (Å²) in [4.78, 5) is 0.282. The van der Waals surface area contributed by atoms with Crippen LogP contribution in [-0.4, -0.2) is 11.6 Å². The number of ether oxygens (including phenoxy) is 1. The SMILES string of the molecule is NC(=S)c1ccc(F)c(COCCC2CC2)c1. The third kappa shape index (κ3) is 3.75. The first kappa shape index (κ1) is 12.5. The summed E-state index contributed by atoms with van der Waals surface area (Å²) in [5, 5.41) is 0. The van der Waals surface area contributed by atoms with Crippen molar-refractivity contribution in [3.63, 3.8) is 0 Å². The number of thiocarbonyl (C=S) groups is 1. The summed E-state index contributed by atoms with van der Waals surface area (Å²) in [6.07, 6.45) is 3.71. The molecule has 0 bridgehead atoms. The Hall–Kier alpha value is -1.00. The minimum absolute atomic E-state index is 0.267. The van der Waals surface area contributed by atoms with Gasteiger partial charge < -0.3 is 10.5 Å². The summed E-state index contributed by atoms with van der Waals surface area (Å²) < 4.78 is 18.9. The summed E-state index contributed by atoms with van der Waals surface area (Å²) in [6, 6.07) is 4.63. The molecule has 92 valence electrons. The highest BCUT2D eigenvalue weighted by Gasteiger charge is 2.20. The first-order valence-electron chi connectivity index (χ1n) is 5.83. The van der Waals surface area contributed by atoms with Crippen LogP contribution in [0.4, 0.5) is 4.39 Å². The summed E-state index contributed by atoms with van der Waals surface area (Å²) in [5.41, 5.74) is 6.71. The highest BCUT2D eigenvalue weighted by atomic mass is 32.1. The highest BCUT2D eigenvalue weighted by molar-refractivity contribution is 7.80. The van der Waals surface area contributed by atoms with Crippen molar-refractivity contribution in [2.24, 2.45) is 11.7 Å². The van der Waals surface area contributed by atoms with E-state index in [0.29, 0.717) is 17.7 Å². The van der Waals surface area contributed by atoms with Gasteiger partial charge in [-0.05, 0) is 30.5 Å². The fourth-order valence-corrected chi connectivity index (χ4v) is 1.80. The molecule has 0 atom stereocenters. The molecule has 1 saturated carbocycles. The molecule has 1 aromatic carbocycles. The first-order chi connectivity index (χ1) is 8.16. The van der Waals surface area contributed by atoms with Gasteiger partial charge in [-0.25, -0.2) is 4.39 Å². The van der Waals surface area contributed by atoms with Crippen molar-refractivity contribution in [2.75, 3.05) is 6.61 Å². The zero-order valence-electron chi connectivity index (χ0n) is 9.62. The third-order valence-corrected chi connectivity index (χ3v) is 3.19. The van der Waals surface area contributed by atoms with E-state index in [1.807, 2.05) is 0 Å². The molecule has 1 aliphatic rings. The smallest absolute Gasteiger partial charge is 0.128 e. The molecule has 0 spiro atoms. The van der Waals surface area contributed by atoms with Crippen molar-refractivity contribution in [1.82, 2.24) is 0 Å². The van der Waals surface area contributed by atoms with E-state index in [-0.39, 0.29) is 17.4 Å². The van der Waals surface area contributed by atoms with Crippen molar-refractivity contribution in [2.45, 2.75) is 25.9 Å². The fraction of sp³-hybridized carbons (Fsp3) is 0.462. The fourth-order valence-electron chi connectivity index (χ4n) is 1.68. The Kier molecular flexibility index (Phi) is 4.07. The molecule has 0 amide bonds. The van der Waals surface area contributed by atoms with Gasteiger partial charge in [-0.3, -0.25) is 0 Å². The zero-order valence-corrected chi connectivity index (χ0v) is 10.4. The molecule has 0 aliphatic heterocycles. The maximum Gasteiger partial charge on any atom is 0.128 e. The van der Waals surface area contributed by atoms with E-state index in [1.54, 1.807) is 12.1 Å². The number of hydrogen-bond acceptors (Lipinski definition) is 2. The van der Waals surface area contributed by atoms with Crippen LogP contribution in [0.1, 0.15) is 30.4 Å². The predicted octanol–water partition coefficient (Wildman–Crippen LogP) is 2.78. The molecule has 1 fully saturated rings. The number of hydrogen-bond donors (Lipinski definition) is 1. The van der Waals surface area contributed by atoms with E-state index in [0.717, 1.165) is 12.3 Å². The predicted molar refractivity (Wildman–Crippen MR) is 69.3 cm³/mol. The number of benzene rings is 1. The minimum Gasteiger partial charge on any atom is -0.389 e. The van der Waals surface area contributed by atoms with E-state index in [1.165, 1.54) is 18.9 Å². The molecule has 2 rings (SSSR count). The first-order valence-corrected chi connectivity index (χ1v) is 6.23. The minimum atomic E-state index is -0.267. The van der Waals surface area contributed by atoms with Gasteiger partial charge in [0.25, 0.3) is 0 Å². The summed E-state index contributed by atoms with van der Waals surface area (Å²) in [5.74, 6) is 0.569. The lowest BCUT2D eigenvalue weighted by molar-refractivity contribution is 0.113. The quantitative estimate of drug-likeness (QED) is 0.625. The molecule has 1 aliphatic carbocycles. The van der Waals surface area contributed by atoms with Crippen molar-refractivity contribution in [3.8, 4) is 0 Å². The third-order valence-electron chi connectivity index (χ3n) is 2.96. The summed E-state index contributed by atoms with van der Waals surface area (Å²) in [6.45, 7) is 0.983. The van der Waals surface area contributed by atoms with Gasteiger partial charge in [0.05, 0.1) is 6.61 Å². The second-order valence-corrected chi connectivity index (χ2v) is 4.89. The average Bonchev–Trinajstić information content (AvgIpc) is 3.10. The van der Waals surface area contributed by atoms with Crippen molar-refractivity contribution >= 4 is 17.2 Å². The Morgan fingerprint density at radius 1 is 1.47 bits per heavy atom. The standard InChI is InChI=1S/C13H16FNOS/c14-12-4-3-10(13(15)17)7-11(12)8-16-6-5-9-1-2-9/h3-4,7,9H,1-2,5-6,8H2,(H2,15,17).